The van der Waals surface area contributed by atoms with Crippen LogP contribution in [0.15, 0.2) is 60.7 Å². The molecule has 2 rings (SSSR count). The van der Waals surface area contributed by atoms with Gasteiger partial charge in [0, 0.05) is 0 Å². The molecule has 27 heavy (non-hydrogen) atoms. The lowest BCUT2D eigenvalue weighted by atomic mass is 10.3. The molecule has 0 fully saturated rings. The van der Waals surface area contributed by atoms with Gasteiger partial charge in [0.2, 0.25) is 0 Å². The summed E-state index contributed by atoms with van der Waals surface area (Å²) in [6, 6.07) is 18.9. The molecule has 0 aliphatic carbocycles. The Morgan fingerprint density at radius 1 is 0.556 bits per heavy atom. The molecule has 0 N–H and O–H groups in total. The average molecular weight is 394 g/mol. The molecule has 0 saturated carbocycles. The van der Waals surface area contributed by atoms with Gasteiger partial charge in [-0.2, -0.15) is 8.42 Å². The summed E-state index contributed by atoms with van der Waals surface area (Å²) < 4.78 is 44.0. The van der Waals surface area contributed by atoms with E-state index >= 15 is 0 Å². The number of para-hydroxylation sites is 2. The molecule has 0 radical (unpaired) electrons. The number of rotatable bonds is 14. The molecule has 0 aromatic heterocycles. The molecule has 0 heterocycles. The maximum atomic E-state index is 11.6. The van der Waals surface area contributed by atoms with Crippen LogP contribution in [0.3, 0.4) is 0 Å². The zero-order valence-electron chi connectivity index (χ0n) is 15.3. The van der Waals surface area contributed by atoms with Crippen LogP contribution < -0.4 is 9.47 Å². The SMILES string of the molecule is O=S(=O)(OCCCCOc1ccccc1)OCCCCOc1ccccc1. The van der Waals surface area contributed by atoms with Crippen molar-refractivity contribution >= 4 is 10.4 Å². The fraction of sp³-hybridized carbons (Fsp3) is 0.400. The standard InChI is InChI=1S/C20H26O6S/c21-27(22,25-17-9-7-15-23-19-11-3-1-4-12-19)26-18-10-8-16-24-20-13-5-2-6-14-20/h1-6,11-14H,7-10,15-18H2. The van der Waals surface area contributed by atoms with Gasteiger partial charge in [0.15, 0.2) is 0 Å². The van der Waals surface area contributed by atoms with Crippen LogP contribution in [-0.2, 0) is 18.8 Å². The molecule has 0 bridgehead atoms. The predicted octanol–water partition coefficient (Wildman–Crippen LogP) is 3.98. The molecular weight excluding hydrogens is 368 g/mol. The molecule has 0 saturated heterocycles. The first-order valence-electron chi connectivity index (χ1n) is 9.05. The van der Waals surface area contributed by atoms with Gasteiger partial charge in [0.1, 0.15) is 11.5 Å². The van der Waals surface area contributed by atoms with Crippen molar-refractivity contribution in [2.24, 2.45) is 0 Å². The van der Waals surface area contributed by atoms with E-state index in [1.54, 1.807) is 0 Å². The van der Waals surface area contributed by atoms with Crippen molar-refractivity contribution in [3.05, 3.63) is 60.7 Å². The van der Waals surface area contributed by atoms with Gasteiger partial charge in [-0.15, -0.1) is 0 Å². The molecule has 148 valence electrons. The summed E-state index contributed by atoms with van der Waals surface area (Å²) >= 11 is 0. The molecule has 0 aliphatic heterocycles. The normalized spacial score (nSPS) is 11.3. The number of hydrogen-bond acceptors (Lipinski definition) is 6. The first-order valence-corrected chi connectivity index (χ1v) is 10.4. The molecule has 0 amide bonds. The van der Waals surface area contributed by atoms with Crippen LogP contribution >= 0.6 is 0 Å². The topological polar surface area (TPSA) is 71.1 Å². The predicted molar refractivity (Wildman–Crippen MR) is 103 cm³/mol. The fourth-order valence-corrected chi connectivity index (χ4v) is 2.89. The maximum Gasteiger partial charge on any atom is 0.399 e. The second kappa shape index (κ2) is 12.3. The van der Waals surface area contributed by atoms with Gasteiger partial charge in [-0.3, -0.25) is 0 Å². The molecule has 0 atom stereocenters. The van der Waals surface area contributed by atoms with Gasteiger partial charge in [0.25, 0.3) is 0 Å². The Morgan fingerprint density at radius 2 is 0.926 bits per heavy atom. The van der Waals surface area contributed by atoms with Crippen LogP contribution in [0, 0.1) is 0 Å². The third-order valence-electron chi connectivity index (χ3n) is 3.56. The highest BCUT2D eigenvalue weighted by atomic mass is 32.3. The summed E-state index contributed by atoms with van der Waals surface area (Å²) in [5.41, 5.74) is 0. The highest BCUT2D eigenvalue weighted by Crippen LogP contribution is 2.10. The fourth-order valence-electron chi connectivity index (χ4n) is 2.18. The molecule has 0 unspecified atom stereocenters. The van der Waals surface area contributed by atoms with E-state index in [0.29, 0.717) is 38.9 Å². The summed E-state index contributed by atoms with van der Waals surface area (Å²) in [4.78, 5) is 0. The zero-order valence-corrected chi connectivity index (χ0v) is 16.1. The number of ether oxygens (including phenoxy) is 2. The quantitative estimate of drug-likeness (QED) is 0.451. The van der Waals surface area contributed by atoms with E-state index in [2.05, 4.69) is 0 Å². The minimum Gasteiger partial charge on any atom is -0.494 e. The van der Waals surface area contributed by atoms with Gasteiger partial charge in [-0.05, 0) is 49.9 Å². The van der Waals surface area contributed by atoms with Crippen molar-refractivity contribution in [1.82, 2.24) is 0 Å². The number of benzene rings is 2. The molecule has 7 heteroatoms. The lowest BCUT2D eigenvalue weighted by Gasteiger charge is -2.08. The third-order valence-corrected chi connectivity index (χ3v) is 4.47. The van der Waals surface area contributed by atoms with E-state index in [1.165, 1.54) is 0 Å². The van der Waals surface area contributed by atoms with Gasteiger partial charge < -0.3 is 9.47 Å². The Kier molecular flexibility index (Phi) is 9.68. The third kappa shape index (κ3) is 9.98. The highest BCUT2D eigenvalue weighted by Gasteiger charge is 2.11. The first kappa shape index (κ1) is 21.2. The number of unbranched alkanes of at least 4 members (excludes halogenated alkanes) is 2. The lowest BCUT2D eigenvalue weighted by Crippen LogP contribution is -2.13. The van der Waals surface area contributed by atoms with Crippen molar-refractivity contribution in [3.63, 3.8) is 0 Å². The monoisotopic (exact) mass is 394 g/mol. The second-order valence-electron chi connectivity index (χ2n) is 5.79. The van der Waals surface area contributed by atoms with Crippen LogP contribution in [0.25, 0.3) is 0 Å². The first-order chi connectivity index (χ1) is 13.2. The smallest absolute Gasteiger partial charge is 0.399 e. The minimum atomic E-state index is -3.94. The van der Waals surface area contributed by atoms with Gasteiger partial charge in [-0.1, -0.05) is 36.4 Å². The van der Waals surface area contributed by atoms with Crippen molar-refractivity contribution < 1.29 is 26.3 Å². The van der Waals surface area contributed by atoms with Crippen molar-refractivity contribution in [1.29, 1.82) is 0 Å². The number of hydrogen-bond donors (Lipinski definition) is 0. The molecule has 0 aliphatic rings. The van der Waals surface area contributed by atoms with Crippen LogP contribution in [-0.4, -0.2) is 34.8 Å². The Hall–Kier alpha value is -2.09. The Labute approximate surface area is 161 Å². The average Bonchev–Trinajstić information content (AvgIpc) is 2.69. The summed E-state index contributed by atoms with van der Waals surface area (Å²) in [7, 11) is -3.94. The Bertz CT molecular complexity index is 661. The summed E-state index contributed by atoms with van der Waals surface area (Å²) in [5, 5.41) is 0. The molecule has 6 nitrogen and oxygen atoms in total. The summed E-state index contributed by atoms with van der Waals surface area (Å²) in [5.74, 6) is 1.59. The largest absolute Gasteiger partial charge is 0.494 e. The summed E-state index contributed by atoms with van der Waals surface area (Å²) in [6.45, 7) is 1.18. The zero-order chi connectivity index (χ0) is 19.2. The second-order valence-corrected chi connectivity index (χ2v) is 7.08. The van der Waals surface area contributed by atoms with E-state index in [9.17, 15) is 8.42 Å². The van der Waals surface area contributed by atoms with E-state index in [4.69, 9.17) is 17.8 Å². The highest BCUT2D eigenvalue weighted by molar-refractivity contribution is 7.81. The lowest BCUT2D eigenvalue weighted by molar-refractivity contribution is 0.198. The van der Waals surface area contributed by atoms with Gasteiger partial charge in [0.05, 0.1) is 26.4 Å². The maximum absolute atomic E-state index is 11.6. The molecule has 2 aromatic rings. The van der Waals surface area contributed by atoms with E-state index in [1.807, 2.05) is 60.7 Å². The van der Waals surface area contributed by atoms with Crippen LogP contribution in [0.4, 0.5) is 0 Å². The Morgan fingerprint density at radius 3 is 1.33 bits per heavy atom. The van der Waals surface area contributed by atoms with E-state index in [-0.39, 0.29) is 13.2 Å². The molecule has 0 spiro atoms. The van der Waals surface area contributed by atoms with Crippen molar-refractivity contribution in [2.45, 2.75) is 25.7 Å². The van der Waals surface area contributed by atoms with Crippen LogP contribution in [0.1, 0.15) is 25.7 Å². The van der Waals surface area contributed by atoms with Crippen molar-refractivity contribution in [2.75, 3.05) is 26.4 Å². The van der Waals surface area contributed by atoms with Gasteiger partial charge in [-0.25, -0.2) is 8.37 Å². The van der Waals surface area contributed by atoms with Crippen molar-refractivity contribution in [3.8, 4) is 11.5 Å². The summed E-state index contributed by atoms with van der Waals surface area (Å²) in [6.07, 6.45) is 2.53. The molecule has 2 aromatic carbocycles. The van der Waals surface area contributed by atoms with E-state index < -0.39 is 10.4 Å². The molecular formula is C20H26O6S. The Balaban J connectivity index is 1.45. The van der Waals surface area contributed by atoms with Gasteiger partial charge >= 0.3 is 10.4 Å². The van der Waals surface area contributed by atoms with E-state index in [0.717, 1.165) is 11.5 Å². The van der Waals surface area contributed by atoms with Crippen LogP contribution in [0.2, 0.25) is 0 Å². The van der Waals surface area contributed by atoms with Crippen LogP contribution in [0.5, 0.6) is 11.5 Å². The minimum absolute atomic E-state index is 0.0810.